The molecule has 1 atom stereocenters. The molecule has 0 bridgehead atoms. The molecular weight excluding hydrogens is 250 g/mol. The van der Waals surface area contributed by atoms with Crippen LogP contribution in [0.3, 0.4) is 0 Å². The van der Waals surface area contributed by atoms with E-state index < -0.39 is 0 Å². The van der Waals surface area contributed by atoms with Crippen molar-refractivity contribution in [2.45, 2.75) is 44.6 Å². The summed E-state index contributed by atoms with van der Waals surface area (Å²) in [5, 5.41) is 4.15. The first kappa shape index (κ1) is 13.3. The molecule has 4 heteroatoms. The Morgan fingerprint density at radius 1 is 1.15 bits per heavy atom. The summed E-state index contributed by atoms with van der Waals surface area (Å²) in [6, 6.07) is 9.54. The first-order chi connectivity index (χ1) is 9.74. The van der Waals surface area contributed by atoms with Gasteiger partial charge in [-0.2, -0.15) is 4.98 Å². The molecule has 0 aliphatic heterocycles. The Balaban J connectivity index is 1.73. The van der Waals surface area contributed by atoms with E-state index in [1.807, 2.05) is 30.3 Å². The highest BCUT2D eigenvalue weighted by Crippen LogP contribution is 2.34. The van der Waals surface area contributed by atoms with Crippen molar-refractivity contribution in [1.82, 2.24) is 10.1 Å². The van der Waals surface area contributed by atoms with Crippen molar-refractivity contribution in [3.63, 3.8) is 0 Å². The third-order valence-corrected chi connectivity index (χ3v) is 4.26. The van der Waals surface area contributed by atoms with Gasteiger partial charge in [0.1, 0.15) is 6.04 Å². The number of benzene rings is 1. The van der Waals surface area contributed by atoms with Crippen molar-refractivity contribution in [3.8, 4) is 0 Å². The Morgan fingerprint density at radius 3 is 2.55 bits per heavy atom. The Morgan fingerprint density at radius 2 is 1.85 bits per heavy atom. The van der Waals surface area contributed by atoms with E-state index in [0.29, 0.717) is 11.8 Å². The number of nitrogens with zero attached hydrogens (tertiary/aromatic N) is 2. The summed E-state index contributed by atoms with van der Waals surface area (Å²) in [6.07, 6.45) is 4.81. The lowest BCUT2D eigenvalue weighted by atomic mass is 9.83. The molecule has 0 saturated heterocycles. The van der Waals surface area contributed by atoms with Crippen LogP contribution in [-0.4, -0.2) is 10.1 Å². The smallest absolute Gasteiger partial charge is 0.248 e. The van der Waals surface area contributed by atoms with Crippen molar-refractivity contribution in [2.75, 3.05) is 0 Å². The fourth-order valence-corrected chi connectivity index (χ4v) is 2.86. The predicted molar refractivity (Wildman–Crippen MR) is 77.1 cm³/mol. The molecule has 0 amide bonds. The van der Waals surface area contributed by atoms with Crippen molar-refractivity contribution in [2.24, 2.45) is 11.7 Å². The lowest BCUT2D eigenvalue weighted by molar-refractivity contribution is 0.322. The normalized spacial score (nSPS) is 24.5. The Labute approximate surface area is 119 Å². The Bertz CT molecular complexity index is 544. The van der Waals surface area contributed by atoms with Gasteiger partial charge in [0, 0.05) is 5.92 Å². The topological polar surface area (TPSA) is 64.9 Å². The van der Waals surface area contributed by atoms with Crippen molar-refractivity contribution in [3.05, 3.63) is 47.6 Å². The van der Waals surface area contributed by atoms with Crippen LogP contribution in [0.4, 0.5) is 0 Å². The molecule has 1 fully saturated rings. The monoisotopic (exact) mass is 271 g/mol. The van der Waals surface area contributed by atoms with Crippen molar-refractivity contribution in [1.29, 1.82) is 0 Å². The van der Waals surface area contributed by atoms with E-state index in [9.17, 15) is 0 Å². The molecule has 0 spiro atoms. The zero-order chi connectivity index (χ0) is 13.9. The minimum atomic E-state index is -0.333. The summed E-state index contributed by atoms with van der Waals surface area (Å²) in [4.78, 5) is 4.53. The molecule has 4 nitrogen and oxygen atoms in total. The Hall–Kier alpha value is -1.68. The maximum atomic E-state index is 6.18. The number of rotatable bonds is 3. The van der Waals surface area contributed by atoms with E-state index in [1.54, 1.807) is 0 Å². The molecule has 1 unspecified atom stereocenters. The van der Waals surface area contributed by atoms with Crippen LogP contribution in [0, 0.1) is 5.92 Å². The third kappa shape index (κ3) is 2.75. The molecular formula is C16H21N3O. The van der Waals surface area contributed by atoms with E-state index >= 15 is 0 Å². The molecule has 1 aliphatic carbocycles. The second kappa shape index (κ2) is 5.75. The molecule has 2 N–H and O–H groups in total. The highest BCUT2D eigenvalue weighted by molar-refractivity contribution is 5.23. The summed E-state index contributed by atoms with van der Waals surface area (Å²) in [5.41, 5.74) is 7.18. The maximum Gasteiger partial charge on any atom is 0.248 e. The lowest BCUT2D eigenvalue weighted by Crippen LogP contribution is -2.14. The van der Waals surface area contributed by atoms with Crippen LogP contribution in [0.15, 0.2) is 34.9 Å². The molecule has 106 valence electrons. The van der Waals surface area contributed by atoms with Gasteiger partial charge in [0.25, 0.3) is 0 Å². The van der Waals surface area contributed by atoms with Crippen LogP contribution in [-0.2, 0) is 0 Å². The highest BCUT2D eigenvalue weighted by atomic mass is 16.5. The molecule has 1 aliphatic rings. The molecule has 1 aromatic heterocycles. The van der Waals surface area contributed by atoms with Gasteiger partial charge in [0.2, 0.25) is 5.89 Å². The third-order valence-electron chi connectivity index (χ3n) is 4.26. The highest BCUT2D eigenvalue weighted by Gasteiger charge is 2.25. The number of nitrogens with two attached hydrogens (primary N) is 1. The van der Waals surface area contributed by atoms with E-state index in [2.05, 4.69) is 17.1 Å². The number of hydrogen-bond acceptors (Lipinski definition) is 4. The van der Waals surface area contributed by atoms with Crippen LogP contribution >= 0.6 is 0 Å². The summed E-state index contributed by atoms with van der Waals surface area (Å²) in [7, 11) is 0. The second-order valence-corrected chi connectivity index (χ2v) is 5.84. The quantitative estimate of drug-likeness (QED) is 0.929. The molecule has 2 aromatic rings. The largest absolute Gasteiger partial charge is 0.337 e. The van der Waals surface area contributed by atoms with Crippen LogP contribution in [0.1, 0.15) is 61.8 Å². The van der Waals surface area contributed by atoms with E-state index in [0.717, 1.165) is 30.1 Å². The lowest BCUT2D eigenvalue weighted by Gasteiger charge is -2.23. The summed E-state index contributed by atoms with van der Waals surface area (Å²) < 4.78 is 5.37. The molecule has 20 heavy (non-hydrogen) atoms. The summed E-state index contributed by atoms with van der Waals surface area (Å²) in [5.74, 6) is 2.61. The van der Waals surface area contributed by atoms with Crippen molar-refractivity contribution < 1.29 is 4.52 Å². The summed E-state index contributed by atoms with van der Waals surface area (Å²) >= 11 is 0. The Kier molecular flexibility index (Phi) is 3.83. The van der Waals surface area contributed by atoms with Gasteiger partial charge in [-0.05, 0) is 24.3 Å². The standard InChI is InChI=1S/C16H21N3O/c1-11-7-9-13(10-8-11)15-18-16(20-19-15)14(17)12-5-3-2-4-6-12/h2-6,11,13-14H,7-10,17H2,1H3. The molecule has 1 heterocycles. The minimum Gasteiger partial charge on any atom is -0.337 e. The zero-order valence-electron chi connectivity index (χ0n) is 11.8. The van der Waals surface area contributed by atoms with Gasteiger partial charge in [-0.25, -0.2) is 0 Å². The van der Waals surface area contributed by atoms with E-state index in [-0.39, 0.29) is 6.04 Å². The first-order valence-electron chi connectivity index (χ1n) is 7.38. The zero-order valence-corrected chi connectivity index (χ0v) is 11.8. The average molecular weight is 271 g/mol. The molecule has 3 rings (SSSR count). The summed E-state index contributed by atoms with van der Waals surface area (Å²) in [6.45, 7) is 2.31. The van der Waals surface area contributed by atoms with E-state index in [1.165, 1.54) is 12.8 Å². The number of hydrogen-bond donors (Lipinski definition) is 1. The fraction of sp³-hybridized carbons (Fsp3) is 0.500. The minimum absolute atomic E-state index is 0.333. The van der Waals surface area contributed by atoms with Crippen LogP contribution < -0.4 is 5.73 Å². The second-order valence-electron chi connectivity index (χ2n) is 5.84. The number of aromatic nitrogens is 2. The fourth-order valence-electron chi connectivity index (χ4n) is 2.86. The predicted octanol–water partition coefficient (Wildman–Crippen LogP) is 3.41. The maximum absolute atomic E-state index is 6.18. The van der Waals surface area contributed by atoms with E-state index in [4.69, 9.17) is 10.3 Å². The van der Waals surface area contributed by atoms with Gasteiger partial charge in [-0.3, -0.25) is 0 Å². The van der Waals surface area contributed by atoms with Gasteiger partial charge in [0.15, 0.2) is 5.82 Å². The average Bonchev–Trinajstić information content (AvgIpc) is 2.98. The SMILES string of the molecule is CC1CCC(c2noc(C(N)c3ccccc3)n2)CC1. The first-order valence-corrected chi connectivity index (χ1v) is 7.38. The molecule has 1 aromatic carbocycles. The van der Waals surface area contributed by atoms with Crippen LogP contribution in [0.2, 0.25) is 0 Å². The molecule has 1 saturated carbocycles. The van der Waals surface area contributed by atoms with Gasteiger partial charge < -0.3 is 10.3 Å². The molecule has 0 radical (unpaired) electrons. The van der Waals surface area contributed by atoms with Crippen LogP contribution in [0.5, 0.6) is 0 Å². The van der Waals surface area contributed by atoms with Gasteiger partial charge in [-0.15, -0.1) is 0 Å². The van der Waals surface area contributed by atoms with Gasteiger partial charge >= 0.3 is 0 Å². The van der Waals surface area contributed by atoms with Crippen LogP contribution in [0.25, 0.3) is 0 Å². The van der Waals surface area contributed by atoms with Crippen molar-refractivity contribution >= 4 is 0 Å². The van der Waals surface area contributed by atoms with Gasteiger partial charge in [-0.1, -0.05) is 55.3 Å². The van der Waals surface area contributed by atoms with Gasteiger partial charge in [0.05, 0.1) is 0 Å².